The standard InChI is InChI=1S/C6H12N2/c7-6-4-2-1-3-5-8-6/h3,5-6,8H,1-2,4,7H2. The van der Waals surface area contributed by atoms with Gasteiger partial charge in [0.15, 0.2) is 0 Å². The molecule has 0 radical (unpaired) electrons. The van der Waals surface area contributed by atoms with E-state index < -0.39 is 0 Å². The SMILES string of the molecule is NC1CCCC=CN1. The second-order valence-corrected chi connectivity index (χ2v) is 2.11. The van der Waals surface area contributed by atoms with Gasteiger partial charge in [0.1, 0.15) is 0 Å². The highest BCUT2D eigenvalue weighted by Crippen LogP contribution is 2.01. The van der Waals surface area contributed by atoms with Crippen LogP contribution in [-0.4, -0.2) is 6.17 Å². The molecule has 0 aromatic heterocycles. The first-order chi connectivity index (χ1) is 3.89. The van der Waals surface area contributed by atoms with Crippen LogP contribution in [0.25, 0.3) is 0 Å². The summed E-state index contributed by atoms with van der Waals surface area (Å²) >= 11 is 0. The molecule has 1 aliphatic rings. The normalized spacial score (nSPS) is 28.9. The Labute approximate surface area is 49.8 Å². The van der Waals surface area contributed by atoms with Crippen LogP contribution < -0.4 is 11.1 Å². The third kappa shape index (κ3) is 1.54. The van der Waals surface area contributed by atoms with Crippen LogP contribution in [0, 0.1) is 0 Å². The molecule has 8 heavy (non-hydrogen) atoms. The maximum absolute atomic E-state index is 5.57. The summed E-state index contributed by atoms with van der Waals surface area (Å²) in [5, 5.41) is 3.04. The van der Waals surface area contributed by atoms with E-state index in [1.54, 1.807) is 0 Å². The van der Waals surface area contributed by atoms with Crippen LogP contribution in [-0.2, 0) is 0 Å². The van der Waals surface area contributed by atoms with E-state index in [4.69, 9.17) is 5.73 Å². The molecule has 0 aromatic rings. The lowest BCUT2D eigenvalue weighted by atomic mass is 10.2. The molecule has 1 atom stereocenters. The molecule has 3 N–H and O–H groups in total. The quantitative estimate of drug-likeness (QED) is 0.480. The smallest absolute Gasteiger partial charge is 0.0737 e. The first-order valence-electron chi connectivity index (χ1n) is 3.06. The molecule has 0 aliphatic carbocycles. The predicted octanol–water partition coefficient (Wildman–Crippen LogP) is 0.558. The average molecular weight is 112 g/mol. The van der Waals surface area contributed by atoms with Crippen molar-refractivity contribution in [3.8, 4) is 0 Å². The van der Waals surface area contributed by atoms with Crippen molar-refractivity contribution in [3.05, 3.63) is 12.3 Å². The molecule has 46 valence electrons. The van der Waals surface area contributed by atoms with E-state index in [0.717, 1.165) is 6.42 Å². The molecular weight excluding hydrogens is 100 g/mol. The molecule has 0 amide bonds. The van der Waals surface area contributed by atoms with Gasteiger partial charge < -0.3 is 11.1 Å². The Balaban J connectivity index is 2.30. The van der Waals surface area contributed by atoms with Gasteiger partial charge in [-0.3, -0.25) is 0 Å². The molecule has 1 unspecified atom stereocenters. The molecule has 1 aliphatic heterocycles. The summed E-state index contributed by atoms with van der Waals surface area (Å²) in [7, 11) is 0. The van der Waals surface area contributed by atoms with E-state index in [2.05, 4.69) is 11.4 Å². The first-order valence-corrected chi connectivity index (χ1v) is 3.06. The molecule has 2 nitrogen and oxygen atoms in total. The number of hydrogen-bond acceptors (Lipinski definition) is 2. The Morgan fingerprint density at radius 2 is 2.50 bits per heavy atom. The lowest BCUT2D eigenvalue weighted by Crippen LogP contribution is -2.32. The van der Waals surface area contributed by atoms with Crippen LogP contribution in [0.5, 0.6) is 0 Å². The van der Waals surface area contributed by atoms with Crippen molar-refractivity contribution in [2.75, 3.05) is 0 Å². The molecule has 2 heteroatoms. The minimum atomic E-state index is 0.189. The van der Waals surface area contributed by atoms with E-state index in [1.165, 1.54) is 12.8 Å². The Morgan fingerprint density at radius 1 is 1.62 bits per heavy atom. The summed E-state index contributed by atoms with van der Waals surface area (Å²) in [5.74, 6) is 0. The van der Waals surface area contributed by atoms with Crippen molar-refractivity contribution in [2.24, 2.45) is 5.73 Å². The fourth-order valence-corrected chi connectivity index (χ4v) is 0.814. The zero-order chi connectivity index (χ0) is 5.82. The third-order valence-electron chi connectivity index (χ3n) is 1.31. The first kappa shape index (κ1) is 5.63. The highest BCUT2D eigenvalue weighted by atomic mass is 15.0. The molecule has 0 fully saturated rings. The van der Waals surface area contributed by atoms with E-state index in [-0.39, 0.29) is 6.17 Å². The highest BCUT2D eigenvalue weighted by Gasteiger charge is 1.98. The summed E-state index contributed by atoms with van der Waals surface area (Å²) < 4.78 is 0. The summed E-state index contributed by atoms with van der Waals surface area (Å²) in [5.41, 5.74) is 5.57. The van der Waals surface area contributed by atoms with Gasteiger partial charge >= 0.3 is 0 Å². The lowest BCUT2D eigenvalue weighted by Gasteiger charge is -2.06. The number of hydrogen-bond donors (Lipinski definition) is 2. The van der Waals surface area contributed by atoms with Gasteiger partial charge in [-0.25, -0.2) is 0 Å². The van der Waals surface area contributed by atoms with Crippen LogP contribution in [0.2, 0.25) is 0 Å². The molecule has 1 heterocycles. The van der Waals surface area contributed by atoms with Crippen LogP contribution in [0.3, 0.4) is 0 Å². The zero-order valence-corrected chi connectivity index (χ0v) is 4.93. The lowest BCUT2D eigenvalue weighted by molar-refractivity contribution is 0.557. The third-order valence-corrected chi connectivity index (χ3v) is 1.31. The van der Waals surface area contributed by atoms with Crippen molar-refractivity contribution < 1.29 is 0 Å². The maximum Gasteiger partial charge on any atom is 0.0737 e. The van der Waals surface area contributed by atoms with Gasteiger partial charge in [-0.2, -0.15) is 0 Å². The van der Waals surface area contributed by atoms with Gasteiger partial charge in [-0.05, 0) is 25.5 Å². The summed E-state index contributed by atoms with van der Waals surface area (Å²) in [4.78, 5) is 0. The van der Waals surface area contributed by atoms with Crippen molar-refractivity contribution in [3.63, 3.8) is 0 Å². The fraction of sp³-hybridized carbons (Fsp3) is 0.667. The maximum atomic E-state index is 5.57. The van der Waals surface area contributed by atoms with Crippen molar-refractivity contribution in [1.29, 1.82) is 0 Å². The molecule has 0 saturated heterocycles. The van der Waals surface area contributed by atoms with Crippen LogP contribution in [0.1, 0.15) is 19.3 Å². The number of rotatable bonds is 0. The number of allylic oxidation sites excluding steroid dienone is 1. The van der Waals surface area contributed by atoms with E-state index >= 15 is 0 Å². The Morgan fingerprint density at radius 3 is 3.38 bits per heavy atom. The van der Waals surface area contributed by atoms with Gasteiger partial charge in [-0.1, -0.05) is 6.08 Å². The highest BCUT2D eigenvalue weighted by molar-refractivity contribution is 4.84. The predicted molar refractivity (Wildman–Crippen MR) is 34.1 cm³/mol. The second kappa shape index (κ2) is 2.72. The van der Waals surface area contributed by atoms with Crippen LogP contribution >= 0.6 is 0 Å². The van der Waals surface area contributed by atoms with Crippen molar-refractivity contribution >= 4 is 0 Å². The van der Waals surface area contributed by atoms with Crippen LogP contribution in [0.4, 0.5) is 0 Å². The second-order valence-electron chi connectivity index (χ2n) is 2.11. The Bertz CT molecular complexity index is 88.5. The van der Waals surface area contributed by atoms with E-state index in [0.29, 0.717) is 0 Å². The summed E-state index contributed by atoms with van der Waals surface area (Å²) in [6, 6.07) is 0. The average Bonchev–Trinajstić information content (AvgIpc) is 1.94. The topological polar surface area (TPSA) is 38.0 Å². The van der Waals surface area contributed by atoms with Gasteiger partial charge in [0, 0.05) is 0 Å². The molecule has 0 aromatic carbocycles. The van der Waals surface area contributed by atoms with Crippen molar-refractivity contribution in [2.45, 2.75) is 25.4 Å². The van der Waals surface area contributed by atoms with E-state index in [9.17, 15) is 0 Å². The summed E-state index contributed by atoms with van der Waals surface area (Å²) in [6.45, 7) is 0. The minimum absolute atomic E-state index is 0.189. The zero-order valence-electron chi connectivity index (χ0n) is 4.93. The van der Waals surface area contributed by atoms with Gasteiger partial charge in [0.05, 0.1) is 6.17 Å². The molecular formula is C6H12N2. The molecule has 0 bridgehead atoms. The van der Waals surface area contributed by atoms with Gasteiger partial charge in [-0.15, -0.1) is 0 Å². The van der Waals surface area contributed by atoms with Gasteiger partial charge in [0.2, 0.25) is 0 Å². The van der Waals surface area contributed by atoms with E-state index in [1.807, 2.05) is 6.20 Å². The largest absolute Gasteiger partial charge is 0.376 e. The van der Waals surface area contributed by atoms with Crippen LogP contribution in [0.15, 0.2) is 12.3 Å². The molecule has 0 saturated carbocycles. The van der Waals surface area contributed by atoms with Crippen molar-refractivity contribution in [1.82, 2.24) is 5.32 Å². The Kier molecular flexibility index (Phi) is 1.92. The van der Waals surface area contributed by atoms with Gasteiger partial charge in [0.25, 0.3) is 0 Å². The molecule has 0 spiro atoms. The monoisotopic (exact) mass is 112 g/mol. The summed E-state index contributed by atoms with van der Waals surface area (Å²) in [6.07, 6.45) is 7.72. The fourth-order valence-electron chi connectivity index (χ4n) is 0.814. The minimum Gasteiger partial charge on any atom is -0.376 e. The number of nitrogens with one attached hydrogen (secondary N) is 1. The molecule has 1 rings (SSSR count). The Hall–Kier alpha value is -0.500. The number of nitrogens with two attached hydrogens (primary N) is 1.